The van der Waals surface area contributed by atoms with Gasteiger partial charge in [-0.15, -0.1) is 0 Å². The SMILES string of the molecule is CCOc1cccc(NC(=O)C2CCCN2C(=O)c2ccc(Br)cc2)c1. The molecule has 1 aliphatic rings. The first kappa shape index (κ1) is 18.5. The van der Waals surface area contributed by atoms with Gasteiger partial charge in [-0.1, -0.05) is 22.0 Å². The van der Waals surface area contributed by atoms with Gasteiger partial charge in [-0.25, -0.2) is 0 Å². The number of hydrogen-bond donors (Lipinski definition) is 1. The summed E-state index contributed by atoms with van der Waals surface area (Å²) in [6.45, 7) is 3.07. The monoisotopic (exact) mass is 416 g/mol. The first-order chi connectivity index (χ1) is 12.6. The number of nitrogens with zero attached hydrogens (tertiary/aromatic N) is 1. The number of ether oxygens (including phenoxy) is 1. The smallest absolute Gasteiger partial charge is 0.254 e. The summed E-state index contributed by atoms with van der Waals surface area (Å²) < 4.78 is 6.38. The quantitative estimate of drug-likeness (QED) is 0.798. The van der Waals surface area contributed by atoms with E-state index >= 15 is 0 Å². The van der Waals surface area contributed by atoms with Gasteiger partial charge < -0.3 is 15.0 Å². The third kappa shape index (κ3) is 4.25. The van der Waals surface area contributed by atoms with E-state index in [4.69, 9.17) is 4.74 Å². The van der Waals surface area contributed by atoms with Crippen LogP contribution in [0.2, 0.25) is 0 Å². The van der Waals surface area contributed by atoms with E-state index in [1.165, 1.54) is 0 Å². The number of amides is 2. The van der Waals surface area contributed by atoms with Crippen LogP contribution in [0.1, 0.15) is 30.1 Å². The van der Waals surface area contributed by atoms with Gasteiger partial charge in [-0.2, -0.15) is 0 Å². The van der Waals surface area contributed by atoms with Gasteiger partial charge in [0.2, 0.25) is 5.91 Å². The van der Waals surface area contributed by atoms with Crippen molar-refractivity contribution in [3.05, 3.63) is 58.6 Å². The van der Waals surface area contributed by atoms with Crippen LogP contribution in [-0.2, 0) is 4.79 Å². The Labute approximate surface area is 161 Å². The number of rotatable bonds is 5. The highest BCUT2D eigenvalue weighted by Crippen LogP contribution is 2.24. The molecule has 1 unspecified atom stereocenters. The minimum absolute atomic E-state index is 0.113. The Morgan fingerprint density at radius 3 is 2.73 bits per heavy atom. The zero-order valence-electron chi connectivity index (χ0n) is 14.6. The Balaban J connectivity index is 1.71. The van der Waals surface area contributed by atoms with E-state index < -0.39 is 6.04 Å². The molecule has 1 fully saturated rings. The normalized spacial score (nSPS) is 16.4. The Morgan fingerprint density at radius 2 is 2.00 bits per heavy atom. The Kier molecular flexibility index (Phi) is 5.93. The lowest BCUT2D eigenvalue weighted by molar-refractivity contribution is -0.119. The molecule has 0 spiro atoms. The maximum absolute atomic E-state index is 12.8. The molecule has 0 radical (unpaired) electrons. The van der Waals surface area contributed by atoms with Crippen LogP contribution in [0, 0.1) is 0 Å². The standard InChI is InChI=1S/C20H21BrN2O3/c1-2-26-17-6-3-5-16(13-17)22-19(24)18-7-4-12-23(18)20(25)14-8-10-15(21)11-9-14/h3,5-6,8-11,13,18H,2,4,7,12H2,1H3,(H,22,24). The fourth-order valence-corrected chi connectivity index (χ4v) is 3.36. The number of benzene rings is 2. The number of hydrogen-bond acceptors (Lipinski definition) is 3. The van der Waals surface area contributed by atoms with Gasteiger partial charge in [0.25, 0.3) is 5.91 Å². The molecule has 2 aromatic rings. The van der Waals surface area contributed by atoms with Crippen LogP contribution in [0.4, 0.5) is 5.69 Å². The highest BCUT2D eigenvalue weighted by molar-refractivity contribution is 9.10. The zero-order valence-corrected chi connectivity index (χ0v) is 16.2. The first-order valence-electron chi connectivity index (χ1n) is 8.68. The van der Waals surface area contributed by atoms with Crippen LogP contribution in [0.15, 0.2) is 53.0 Å². The number of halogens is 1. The van der Waals surface area contributed by atoms with Crippen LogP contribution in [-0.4, -0.2) is 35.9 Å². The third-order valence-corrected chi connectivity index (χ3v) is 4.85. The number of carbonyl (C=O) groups is 2. The average molecular weight is 417 g/mol. The largest absolute Gasteiger partial charge is 0.494 e. The Hall–Kier alpha value is -2.34. The van der Waals surface area contributed by atoms with Crippen molar-refractivity contribution in [2.24, 2.45) is 0 Å². The van der Waals surface area contributed by atoms with Gasteiger partial charge in [0.05, 0.1) is 6.61 Å². The molecule has 2 amide bonds. The van der Waals surface area contributed by atoms with Crippen molar-refractivity contribution in [2.75, 3.05) is 18.5 Å². The van der Waals surface area contributed by atoms with E-state index in [1.54, 1.807) is 23.1 Å². The molecule has 1 aliphatic heterocycles. The summed E-state index contributed by atoms with van der Waals surface area (Å²) in [7, 11) is 0. The van der Waals surface area contributed by atoms with Gasteiger partial charge in [0, 0.05) is 28.3 Å². The molecule has 5 nitrogen and oxygen atoms in total. The van der Waals surface area contributed by atoms with E-state index in [2.05, 4.69) is 21.2 Å². The van der Waals surface area contributed by atoms with Crippen LogP contribution in [0.5, 0.6) is 5.75 Å². The lowest BCUT2D eigenvalue weighted by Crippen LogP contribution is -2.43. The zero-order chi connectivity index (χ0) is 18.5. The summed E-state index contributed by atoms with van der Waals surface area (Å²) in [6, 6.07) is 14.0. The number of carbonyl (C=O) groups excluding carboxylic acids is 2. The molecule has 0 aromatic heterocycles. The molecule has 6 heteroatoms. The van der Waals surface area contributed by atoms with E-state index in [1.807, 2.05) is 37.3 Å². The lowest BCUT2D eigenvalue weighted by Gasteiger charge is -2.24. The molecule has 0 aliphatic carbocycles. The van der Waals surface area contributed by atoms with Crippen LogP contribution >= 0.6 is 15.9 Å². The molecule has 2 aromatic carbocycles. The van der Waals surface area contributed by atoms with Crippen molar-refractivity contribution in [1.29, 1.82) is 0 Å². The number of nitrogens with one attached hydrogen (secondary N) is 1. The summed E-state index contributed by atoms with van der Waals surface area (Å²) in [5.74, 6) is 0.430. The minimum Gasteiger partial charge on any atom is -0.494 e. The van der Waals surface area contributed by atoms with Crippen LogP contribution < -0.4 is 10.1 Å². The first-order valence-corrected chi connectivity index (χ1v) is 9.48. The summed E-state index contributed by atoms with van der Waals surface area (Å²) in [5, 5.41) is 2.91. The molecule has 0 saturated carbocycles. The molecular formula is C20H21BrN2O3. The van der Waals surface area contributed by atoms with Crippen molar-refractivity contribution in [3.8, 4) is 5.75 Å². The number of likely N-dealkylation sites (tertiary alicyclic amines) is 1. The van der Waals surface area contributed by atoms with E-state index in [-0.39, 0.29) is 11.8 Å². The Morgan fingerprint density at radius 1 is 1.23 bits per heavy atom. The van der Waals surface area contributed by atoms with Crippen LogP contribution in [0.25, 0.3) is 0 Å². The van der Waals surface area contributed by atoms with E-state index in [0.29, 0.717) is 36.6 Å². The molecule has 0 bridgehead atoms. The van der Waals surface area contributed by atoms with Gasteiger partial charge in [-0.3, -0.25) is 9.59 Å². The molecule has 1 N–H and O–H groups in total. The molecule has 1 heterocycles. The lowest BCUT2D eigenvalue weighted by atomic mass is 10.1. The topological polar surface area (TPSA) is 58.6 Å². The summed E-state index contributed by atoms with van der Waals surface area (Å²) in [5.41, 5.74) is 1.26. The van der Waals surface area contributed by atoms with Gasteiger partial charge in [0.1, 0.15) is 11.8 Å². The van der Waals surface area contributed by atoms with E-state index in [9.17, 15) is 9.59 Å². The highest BCUT2D eigenvalue weighted by atomic mass is 79.9. The van der Waals surface area contributed by atoms with Crippen molar-refractivity contribution in [1.82, 2.24) is 4.90 Å². The molecule has 136 valence electrons. The van der Waals surface area contributed by atoms with Gasteiger partial charge in [0.15, 0.2) is 0 Å². The van der Waals surface area contributed by atoms with Gasteiger partial charge in [-0.05, 0) is 56.2 Å². The fourth-order valence-electron chi connectivity index (χ4n) is 3.10. The highest BCUT2D eigenvalue weighted by Gasteiger charge is 2.34. The average Bonchev–Trinajstić information content (AvgIpc) is 3.12. The minimum atomic E-state index is -0.457. The van der Waals surface area contributed by atoms with Crippen molar-refractivity contribution < 1.29 is 14.3 Å². The summed E-state index contributed by atoms with van der Waals surface area (Å²) >= 11 is 3.37. The third-order valence-electron chi connectivity index (χ3n) is 4.32. The Bertz CT molecular complexity index is 792. The van der Waals surface area contributed by atoms with Crippen molar-refractivity contribution in [3.63, 3.8) is 0 Å². The molecular weight excluding hydrogens is 396 g/mol. The molecule has 1 saturated heterocycles. The predicted molar refractivity (Wildman–Crippen MR) is 104 cm³/mol. The van der Waals surface area contributed by atoms with Crippen LogP contribution in [0.3, 0.4) is 0 Å². The predicted octanol–water partition coefficient (Wildman–Crippen LogP) is 4.09. The summed E-state index contributed by atoms with van der Waals surface area (Å²) in [6.07, 6.45) is 1.48. The van der Waals surface area contributed by atoms with Crippen molar-refractivity contribution in [2.45, 2.75) is 25.8 Å². The molecule has 26 heavy (non-hydrogen) atoms. The van der Waals surface area contributed by atoms with Crippen molar-refractivity contribution >= 4 is 33.4 Å². The van der Waals surface area contributed by atoms with Gasteiger partial charge >= 0.3 is 0 Å². The maximum Gasteiger partial charge on any atom is 0.254 e. The van der Waals surface area contributed by atoms with E-state index in [0.717, 1.165) is 10.9 Å². The second kappa shape index (κ2) is 8.36. The molecule has 3 rings (SSSR count). The summed E-state index contributed by atoms with van der Waals surface area (Å²) in [4.78, 5) is 27.2. The fraction of sp³-hybridized carbons (Fsp3) is 0.300. The number of anilines is 1. The second-order valence-electron chi connectivity index (χ2n) is 6.11. The second-order valence-corrected chi connectivity index (χ2v) is 7.03. The molecule has 1 atom stereocenters. The maximum atomic E-state index is 12.8.